The SMILES string of the molecule is O=C(O)NCc1c[nH]c(=O)[nH]1. The van der Waals surface area contributed by atoms with E-state index in [1.54, 1.807) is 0 Å². The summed E-state index contributed by atoms with van der Waals surface area (Å²) in [6.45, 7) is 0.105. The quantitative estimate of drug-likeness (QED) is 0.464. The highest BCUT2D eigenvalue weighted by Crippen LogP contribution is 1.84. The van der Waals surface area contributed by atoms with E-state index in [1.165, 1.54) is 6.20 Å². The summed E-state index contributed by atoms with van der Waals surface area (Å²) in [6, 6.07) is 0. The Labute approximate surface area is 61.3 Å². The number of carboxylic acid groups (broad SMARTS) is 1. The minimum atomic E-state index is -1.12. The van der Waals surface area contributed by atoms with Crippen molar-refractivity contribution in [2.45, 2.75) is 6.54 Å². The molecule has 60 valence electrons. The van der Waals surface area contributed by atoms with Crippen LogP contribution < -0.4 is 11.0 Å². The minimum Gasteiger partial charge on any atom is -0.465 e. The number of hydrogen-bond acceptors (Lipinski definition) is 2. The van der Waals surface area contributed by atoms with Crippen LogP contribution in [-0.2, 0) is 6.54 Å². The second kappa shape index (κ2) is 2.91. The first-order chi connectivity index (χ1) is 5.18. The summed E-state index contributed by atoms with van der Waals surface area (Å²) in [5, 5.41) is 10.3. The van der Waals surface area contributed by atoms with E-state index >= 15 is 0 Å². The lowest BCUT2D eigenvalue weighted by atomic mass is 10.5. The summed E-state index contributed by atoms with van der Waals surface area (Å²) in [5.41, 5.74) is 0.171. The molecule has 1 rings (SSSR count). The van der Waals surface area contributed by atoms with Gasteiger partial charge in [-0.25, -0.2) is 9.59 Å². The Bertz CT molecular complexity index is 300. The molecule has 1 aromatic rings. The minimum absolute atomic E-state index is 0.105. The van der Waals surface area contributed by atoms with Gasteiger partial charge < -0.3 is 20.4 Å². The Balaban J connectivity index is 2.51. The molecule has 0 fully saturated rings. The molecule has 0 aliphatic carbocycles. The van der Waals surface area contributed by atoms with Gasteiger partial charge in [-0.1, -0.05) is 0 Å². The molecule has 6 heteroatoms. The van der Waals surface area contributed by atoms with Crippen molar-refractivity contribution in [1.82, 2.24) is 15.3 Å². The van der Waals surface area contributed by atoms with Crippen LogP contribution in [0.1, 0.15) is 5.69 Å². The van der Waals surface area contributed by atoms with E-state index in [9.17, 15) is 9.59 Å². The Kier molecular flexibility index (Phi) is 1.95. The topological polar surface area (TPSA) is 98.0 Å². The van der Waals surface area contributed by atoms with Gasteiger partial charge in [0.15, 0.2) is 0 Å². The molecule has 0 saturated heterocycles. The maximum absolute atomic E-state index is 10.4. The zero-order valence-electron chi connectivity index (χ0n) is 5.55. The Hall–Kier alpha value is -1.72. The van der Waals surface area contributed by atoms with Gasteiger partial charge in [0.1, 0.15) is 0 Å². The Morgan fingerprint density at radius 3 is 2.91 bits per heavy atom. The highest BCUT2D eigenvalue weighted by molar-refractivity contribution is 5.64. The number of hydrogen-bond donors (Lipinski definition) is 4. The number of carbonyl (C=O) groups is 1. The average Bonchev–Trinajstić information content (AvgIpc) is 2.31. The lowest BCUT2D eigenvalue weighted by Gasteiger charge is -1.94. The van der Waals surface area contributed by atoms with E-state index in [1.807, 2.05) is 0 Å². The predicted octanol–water partition coefficient (Wildman–Crippen LogP) is -0.529. The second-order valence-electron chi connectivity index (χ2n) is 1.93. The van der Waals surface area contributed by atoms with Crippen LogP contribution >= 0.6 is 0 Å². The van der Waals surface area contributed by atoms with Crippen molar-refractivity contribution in [3.05, 3.63) is 22.4 Å². The molecule has 0 aliphatic heterocycles. The van der Waals surface area contributed by atoms with Crippen molar-refractivity contribution in [3.8, 4) is 0 Å². The molecule has 6 nitrogen and oxygen atoms in total. The van der Waals surface area contributed by atoms with Crippen molar-refractivity contribution in [2.75, 3.05) is 0 Å². The van der Waals surface area contributed by atoms with Gasteiger partial charge in [-0.3, -0.25) is 0 Å². The third-order valence-corrected chi connectivity index (χ3v) is 1.08. The molecule has 0 atom stereocenters. The molecule has 0 aromatic carbocycles. The molecule has 0 radical (unpaired) electrons. The smallest absolute Gasteiger partial charge is 0.404 e. The zero-order chi connectivity index (χ0) is 8.27. The maximum Gasteiger partial charge on any atom is 0.404 e. The maximum atomic E-state index is 10.4. The van der Waals surface area contributed by atoms with Gasteiger partial charge in [-0.05, 0) is 0 Å². The fourth-order valence-corrected chi connectivity index (χ4v) is 0.637. The fourth-order valence-electron chi connectivity index (χ4n) is 0.637. The van der Waals surface area contributed by atoms with Crippen molar-refractivity contribution >= 4 is 6.09 Å². The van der Waals surface area contributed by atoms with E-state index in [0.717, 1.165) is 0 Å². The summed E-state index contributed by atoms with van der Waals surface area (Å²) in [4.78, 5) is 25.2. The standard InChI is InChI=1S/C5H7N3O3/c9-4-6-1-3(8-4)2-7-5(10)11/h1,7H,2H2,(H,10,11)(H2,6,8,9). The number of nitrogens with one attached hydrogen (secondary N) is 3. The normalized spacial score (nSPS) is 9.45. The summed E-state index contributed by atoms with van der Waals surface area (Å²) in [6.07, 6.45) is 0.296. The molecular formula is C5H7N3O3. The van der Waals surface area contributed by atoms with E-state index in [4.69, 9.17) is 5.11 Å². The molecular weight excluding hydrogens is 150 g/mol. The monoisotopic (exact) mass is 157 g/mol. The van der Waals surface area contributed by atoms with Crippen molar-refractivity contribution in [1.29, 1.82) is 0 Å². The third kappa shape index (κ3) is 2.17. The van der Waals surface area contributed by atoms with Crippen LogP contribution in [0.2, 0.25) is 0 Å². The first-order valence-electron chi connectivity index (χ1n) is 2.92. The van der Waals surface area contributed by atoms with Gasteiger partial charge in [0, 0.05) is 6.20 Å². The van der Waals surface area contributed by atoms with Gasteiger partial charge in [0.2, 0.25) is 0 Å². The number of H-pyrrole nitrogens is 2. The summed E-state index contributed by atoms with van der Waals surface area (Å²) >= 11 is 0. The van der Waals surface area contributed by atoms with Crippen LogP contribution in [-0.4, -0.2) is 21.2 Å². The molecule has 4 N–H and O–H groups in total. The Morgan fingerprint density at radius 2 is 2.45 bits per heavy atom. The number of aromatic amines is 2. The van der Waals surface area contributed by atoms with Crippen LogP contribution in [0, 0.1) is 0 Å². The zero-order valence-corrected chi connectivity index (χ0v) is 5.55. The molecule has 0 spiro atoms. The van der Waals surface area contributed by atoms with Crippen molar-refractivity contribution < 1.29 is 9.90 Å². The molecule has 0 unspecified atom stereocenters. The Morgan fingerprint density at radius 1 is 1.73 bits per heavy atom. The van der Waals surface area contributed by atoms with Crippen molar-refractivity contribution in [2.24, 2.45) is 0 Å². The van der Waals surface area contributed by atoms with Gasteiger partial charge in [-0.15, -0.1) is 0 Å². The number of amides is 1. The highest BCUT2D eigenvalue weighted by Gasteiger charge is 1.97. The molecule has 0 bridgehead atoms. The largest absolute Gasteiger partial charge is 0.465 e. The van der Waals surface area contributed by atoms with Crippen LogP contribution in [0.5, 0.6) is 0 Å². The molecule has 1 heterocycles. The van der Waals surface area contributed by atoms with Gasteiger partial charge in [0.25, 0.3) is 0 Å². The summed E-state index contributed by atoms with van der Waals surface area (Å²) < 4.78 is 0. The van der Waals surface area contributed by atoms with Crippen LogP contribution in [0.25, 0.3) is 0 Å². The lowest BCUT2D eigenvalue weighted by molar-refractivity contribution is 0.194. The number of rotatable bonds is 2. The molecule has 1 aromatic heterocycles. The van der Waals surface area contributed by atoms with Gasteiger partial charge in [0.05, 0.1) is 12.2 Å². The van der Waals surface area contributed by atoms with E-state index < -0.39 is 6.09 Å². The van der Waals surface area contributed by atoms with Gasteiger partial charge >= 0.3 is 11.8 Å². The third-order valence-electron chi connectivity index (χ3n) is 1.08. The number of imidazole rings is 1. The molecule has 0 saturated carbocycles. The fraction of sp³-hybridized carbons (Fsp3) is 0.200. The first-order valence-corrected chi connectivity index (χ1v) is 2.92. The number of aromatic nitrogens is 2. The van der Waals surface area contributed by atoms with Gasteiger partial charge in [-0.2, -0.15) is 0 Å². The average molecular weight is 157 g/mol. The molecule has 0 aliphatic rings. The highest BCUT2D eigenvalue weighted by atomic mass is 16.4. The molecule has 1 amide bonds. The summed E-state index contributed by atoms with van der Waals surface area (Å²) in [5.74, 6) is 0. The predicted molar refractivity (Wildman–Crippen MR) is 36.3 cm³/mol. The van der Waals surface area contributed by atoms with E-state index in [2.05, 4.69) is 15.3 Å². The van der Waals surface area contributed by atoms with Crippen LogP contribution in [0.15, 0.2) is 11.0 Å². The summed E-state index contributed by atoms with van der Waals surface area (Å²) in [7, 11) is 0. The van der Waals surface area contributed by atoms with Crippen LogP contribution in [0.4, 0.5) is 4.79 Å². The first kappa shape index (κ1) is 7.39. The van der Waals surface area contributed by atoms with Crippen molar-refractivity contribution in [3.63, 3.8) is 0 Å². The van der Waals surface area contributed by atoms with Crippen LogP contribution in [0.3, 0.4) is 0 Å². The lowest BCUT2D eigenvalue weighted by Crippen LogP contribution is -2.20. The molecule has 11 heavy (non-hydrogen) atoms. The second-order valence-corrected chi connectivity index (χ2v) is 1.93. The van der Waals surface area contributed by atoms with E-state index in [-0.39, 0.29) is 12.2 Å². The van der Waals surface area contributed by atoms with E-state index in [0.29, 0.717) is 5.69 Å².